The molecule has 2 N–H and O–H groups in total. The number of halogens is 1. The van der Waals surface area contributed by atoms with Gasteiger partial charge in [0, 0.05) is 67.2 Å². The lowest BCUT2D eigenvalue weighted by atomic mass is 10.1. The molecule has 0 spiro atoms. The Balaban J connectivity index is 1.18. The van der Waals surface area contributed by atoms with E-state index >= 15 is 0 Å². The van der Waals surface area contributed by atoms with E-state index in [0.717, 1.165) is 55.0 Å². The Morgan fingerprint density at radius 1 is 0.886 bits per heavy atom. The normalized spacial score (nSPS) is 14.1. The van der Waals surface area contributed by atoms with Crippen molar-refractivity contribution >= 4 is 45.5 Å². The largest absolute Gasteiger partial charge is 0.369 e. The average molecular weight is 486 g/mol. The molecular formula is C28H28ClN5O. The lowest BCUT2D eigenvalue weighted by Gasteiger charge is -2.36. The topological polar surface area (TPSA) is 60.5 Å². The number of hydrogen-bond acceptors (Lipinski definition) is 5. The number of benzene rings is 3. The molecule has 0 saturated carbocycles. The number of amides is 1. The van der Waals surface area contributed by atoms with Crippen LogP contribution in [0.5, 0.6) is 0 Å². The van der Waals surface area contributed by atoms with Crippen LogP contribution in [-0.2, 0) is 0 Å². The molecule has 0 unspecified atom stereocenters. The summed E-state index contributed by atoms with van der Waals surface area (Å²) in [5, 5.41) is 8.05. The number of carbonyl (C=O) groups excluding carboxylic acids is 1. The molecule has 1 fully saturated rings. The summed E-state index contributed by atoms with van der Waals surface area (Å²) < 4.78 is 0. The number of rotatable bonds is 7. The zero-order valence-electron chi connectivity index (χ0n) is 19.5. The monoisotopic (exact) mass is 485 g/mol. The molecule has 0 atom stereocenters. The second-order valence-electron chi connectivity index (χ2n) is 8.61. The van der Waals surface area contributed by atoms with Crippen LogP contribution in [0.1, 0.15) is 10.4 Å². The van der Waals surface area contributed by atoms with Crippen LogP contribution in [-0.4, -0.2) is 55.1 Å². The van der Waals surface area contributed by atoms with Gasteiger partial charge in [-0.25, -0.2) is 0 Å². The number of hydrogen-bond donors (Lipinski definition) is 2. The molecule has 2 heterocycles. The molecule has 178 valence electrons. The fraction of sp³-hybridized carbons (Fsp3) is 0.214. The number of anilines is 3. The number of pyridine rings is 1. The summed E-state index contributed by atoms with van der Waals surface area (Å²) in [6.45, 7) is 5.40. The highest BCUT2D eigenvalue weighted by atomic mass is 35.5. The first-order chi connectivity index (χ1) is 17.2. The molecule has 1 saturated heterocycles. The van der Waals surface area contributed by atoms with Gasteiger partial charge in [-0.1, -0.05) is 41.9 Å². The fourth-order valence-electron chi connectivity index (χ4n) is 4.45. The molecule has 1 amide bonds. The van der Waals surface area contributed by atoms with Crippen LogP contribution in [0.2, 0.25) is 5.02 Å². The van der Waals surface area contributed by atoms with E-state index in [9.17, 15) is 4.79 Å². The molecular weight excluding hydrogens is 458 g/mol. The van der Waals surface area contributed by atoms with Crippen LogP contribution in [0.15, 0.2) is 85.1 Å². The minimum absolute atomic E-state index is 0.0904. The first-order valence-electron chi connectivity index (χ1n) is 11.9. The number of fused-ring (bicyclic) bond motifs is 1. The van der Waals surface area contributed by atoms with Crippen LogP contribution < -0.4 is 15.5 Å². The molecule has 35 heavy (non-hydrogen) atoms. The Morgan fingerprint density at radius 2 is 1.66 bits per heavy atom. The average Bonchev–Trinajstić information content (AvgIpc) is 2.90. The van der Waals surface area contributed by atoms with E-state index in [1.807, 2.05) is 54.6 Å². The summed E-state index contributed by atoms with van der Waals surface area (Å²) in [6, 6.07) is 25.6. The van der Waals surface area contributed by atoms with Gasteiger partial charge in [-0.3, -0.25) is 14.7 Å². The van der Waals surface area contributed by atoms with Crippen molar-refractivity contribution in [3.05, 3.63) is 95.6 Å². The van der Waals surface area contributed by atoms with E-state index in [0.29, 0.717) is 17.1 Å². The quantitative estimate of drug-likeness (QED) is 0.377. The minimum atomic E-state index is -0.0904. The van der Waals surface area contributed by atoms with Gasteiger partial charge in [-0.2, -0.15) is 0 Å². The van der Waals surface area contributed by atoms with Gasteiger partial charge < -0.3 is 15.5 Å². The van der Waals surface area contributed by atoms with Crippen molar-refractivity contribution < 1.29 is 4.79 Å². The third-order valence-electron chi connectivity index (χ3n) is 6.35. The van der Waals surface area contributed by atoms with E-state index < -0.39 is 0 Å². The molecule has 7 heteroatoms. The number of piperazine rings is 1. The van der Waals surface area contributed by atoms with Gasteiger partial charge in [0.05, 0.1) is 16.8 Å². The van der Waals surface area contributed by atoms with E-state index in [4.69, 9.17) is 11.6 Å². The van der Waals surface area contributed by atoms with Crippen LogP contribution in [0, 0.1) is 0 Å². The van der Waals surface area contributed by atoms with Gasteiger partial charge in [0.2, 0.25) is 0 Å². The molecule has 1 aliphatic heterocycles. The van der Waals surface area contributed by atoms with Crippen LogP contribution in [0.25, 0.3) is 10.9 Å². The maximum Gasteiger partial charge on any atom is 0.253 e. The molecule has 6 nitrogen and oxygen atoms in total. The molecule has 1 aliphatic rings. The number of nitrogens with zero attached hydrogens (tertiary/aromatic N) is 3. The smallest absolute Gasteiger partial charge is 0.253 e. The Kier molecular flexibility index (Phi) is 7.12. The van der Waals surface area contributed by atoms with Crippen molar-refractivity contribution in [2.45, 2.75) is 0 Å². The standard InChI is InChI=1S/C28H28ClN5O/c29-21-10-11-25-24(20-21)27(12-13-30-25)32-26-9-5-4-8-23(26)28(35)31-14-15-33-16-18-34(19-17-33)22-6-2-1-3-7-22/h1-13,20H,14-19H2,(H,30,32)(H,31,35). The summed E-state index contributed by atoms with van der Waals surface area (Å²) in [4.78, 5) is 22.3. The van der Waals surface area contributed by atoms with E-state index in [2.05, 4.69) is 49.7 Å². The maximum absolute atomic E-state index is 13.0. The summed E-state index contributed by atoms with van der Waals surface area (Å²) in [5.74, 6) is -0.0904. The first-order valence-corrected chi connectivity index (χ1v) is 12.3. The second kappa shape index (κ2) is 10.8. The van der Waals surface area contributed by atoms with Gasteiger partial charge in [0.25, 0.3) is 5.91 Å². The third kappa shape index (κ3) is 5.56. The highest BCUT2D eigenvalue weighted by Gasteiger charge is 2.17. The number of para-hydroxylation sites is 2. The summed E-state index contributed by atoms with van der Waals surface area (Å²) in [5.41, 5.74) is 4.32. The van der Waals surface area contributed by atoms with Crippen molar-refractivity contribution in [1.29, 1.82) is 0 Å². The molecule has 0 aliphatic carbocycles. The van der Waals surface area contributed by atoms with E-state index in [1.165, 1.54) is 5.69 Å². The minimum Gasteiger partial charge on any atom is -0.369 e. The van der Waals surface area contributed by atoms with Crippen molar-refractivity contribution in [2.24, 2.45) is 0 Å². The maximum atomic E-state index is 13.0. The number of carbonyl (C=O) groups is 1. The zero-order chi connectivity index (χ0) is 24.0. The zero-order valence-corrected chi connectivity index (χ0v) is 20.2. The molecule has 3 aromatic carbocycles. The summed E-state index contributed by atoms with van der Waals surface area (Å²) >= 11 is 6.21. The Bertz CT molecular complexity index is 1310. The molecule has 0 radical (unpaired) electrons. The van der Waals surface area contributed by atoms with Crippen LogP contribution >= 0.6 is 11.6 Å². The Hall–Kier alpha value is -3.61. The van der Waals surface area contributed by atoms with E-state index in [-0.39, 0.29) is 5.91 Å². The molecule has 1 aromatic heterocycles. The predicted octanol–water partition coefficient (Wildman–Crippen LogP) is 5.18. The summed E-state index contributed by atoms with van der Waals surface area (Å²) in [7, 11) is 0. The highest BCUT2D eigenvalue weighted by molar-refractivity contribution is 6.31. The third-order valence-corrected chi connectivity index (χ3v) is 6.59. The second-order valence-corrected chi connectivity index (χ2v) is 9.05. The lowest BCUT2D eigenvalue weighted by Crippen LogP contribution is -2.48. The molecule has 4 aromatic rings. The van der Waals surface area contributed by atoms with Crippen LogP contribution in [0.3, 0.4) is 0 Å². The van der Waals surface area contributed by atoms with Gasteiger partial charge >= 0.3 is 0 Å². The van der Waals surface area contributed by atoms with Crippen molar-refractivity contribution in [2.75, 3.05) is 49.5 Å². The molecule has 5 rings (SSSR count). The van der Waals surface area contributed by atoms with Crippen molar-refractivity contribution in [3.63, 3.8) is 0 Å². The first kappa shape index (κ1) is 23.1. The van der Waals surface area contributed by atoms with Gasteiger partial charge in [-0.15, -0.1) is 0 Å². The number of aromatic nitrogens is 1. The van der Waals surface area contributed by atoms with Crippen molar-refractivity contribution in [1.82, 2.24) is 15.2 Å². The van der Waals surface area contributed by atoms with Gasteiger partial charge in [-0.05, 0) is 48.5 Å². The van der Waals surface area contributed by atoms with Gasteiger partial charge in [0.1, 0.15) is 0 Å². The Labute approximate surface area is 210 Å². The van der Waals surface area contributed by atoms with E-state index in [1.54, 1.807) is 6.20 Å². The van der Waals surface area contributed by atoms with Crippen molar-refractivity contribution in [3.8, 4) is 0 Å². The highest BCUT2D eigenvalue weighted by Crippen LogP contribution is 2.29. The molecule has 0 bridgehead atoms. The van der Waals surface area contributed by atoms with Gasteiger partial charge in [0.15, 0.2) is 0 Å². The number of nitrogens with one attached hydrogen (secondary N) is 2. The SMILES string of the molecule is O=C(NCCN1CCN(c2ccccc2)CC1)c1ccccc1Nc1ccnc2ccc(Cl)cc12. The fourth-order valence-corrected chi connectivity index (χ4v) is 4.63. The van der Waals surface area contributed by atoms with Crippen LogP contribution in [0.4, 0.5) is 17.1 Å². The Morgan fingerprint density at radius 3 is 2.49 bits per heavy atom. The summed E-state index contributed by atoms with van der Waals surface area (Å²) in [6.07, 6.45) is 1.75. The predicted molar refractivity (Wildman–Crippen MR) is 144 cm³/mol. The lowest BCUT2D eigenvalue weighted by molar-refractivity contribution is 0.0948.